The minimum Gasteiger partial charge on any atom is -0.491 e. The van der Waals surface area contributed by atoms with Gasteiger partial charge in [-0.05, 0) is 24.6 Å². The molecule has 0 radical (unpaired) electrons. The van der Waals surface area contributed by atoms with Crippen LogP contribution < -0.4 is 15.5 Å². The lowest BCUT2D eigenvalue weighted by Gasteiger charge is -2.27. The monoisotopic (exact) mass is 371 g/mol. The summed E-state index contributed by atoms with van der Waals surface area (Å²) in [4.78, 5) is 26.9. The molecule has 1 amide bonds. The van der Waals surface area contributed by atoms with Crippen LogP contribution in [0.1, 0.15) is 11.3 Å². The summed E-state index contributed by atoms with van der Waals surface area (Å²) in [6.07, 6.45) is 1.61. The number of methoxy groups -OCH3 is 1. The van der Waals surface area contributed by atoms with Gasteiger partial charge in [0.2, 0.25) is 11.3 Å². The van der Waals surface area contributed by atoms with Crippen LogP contribution in [0, 0.1) is 6.92 Å². The van der Waals surface area contributed by atoms with E-state index < -0.39 is 0 Å². The number of aryl methyl sites for hydroxylation is 1. The molecule has 27 heavy (non-hydrogen) atoms. The van der Waals surface area contributed by atoms with Crippen molar-refractivity contribution in [3.63, 3.8) is 0 Å². The first-order valence-electron chi connectivity index (χ1n) is 8.99. The Kier molecular flexibility index (Phi) is 6.26. The highest BCUT2D eigenvalue weighted by molar-refractivity contribution is 5.90. The molecule has 2 aromatic rings. The van der Waals surface area contributed by atoms with Gasteiger partial charge in [-0.3, -0.25) is 14.5 Å². The Balaban J connectivity index is 1.78. The summed E-state index contributed by atoms with van der Waals surface area (Å²) in [6, 6.07) is 9.19. The van der Waals surface area contributed by atoms with E-state index in [1.807, 2.05) is 31.2 Å². The number of hydrogen-bond donors (Lipinski definition) is 1. The third-order valence-corrected chi connectivity index (χ3v) is 4.51. The number of ether oxygens (including phenoxy) is 2. The zero-order chi connectivity index (χ0) is 19.2. The molecule has 0 bridgehead atoms. The smallest absolute Gasteiger partial charge is 0.244 e. The second-order valence-electron chi connectivity index (χ2n) is 6.63. The van der Waals surface area contributed by atoms with Gasteiger partial charge in [0.25, 0.3) is 0 Å². The summed E-state index contributed by atoms with van der Waals surface area (Å²) in [5.74, 6) is 0.0682. The molecule has 2 heterocycles. The van der Waals surface area contributed by atoms with Gasteiger partial charge in [0.05, 0.1) is 26.5 Å². The number of amides is 1. The van der Waals surface area contributed by atoms with E-state index in [-0.39, 0.29) is 23.6 Å². The van der Waals surface area contributed by atoms with E-state index in [1.54, 1.807) is 16.8 Å². The third-order valence-electron chi connectivity index (χ3n) is 4.51. The number of morpholine rings is 1. The van der Waals surface area contributed by atoms with Gasteiger partial charge in [0.1, 0.15) is 6.54 Å². The maximum absolute atomic E-state index is 12.5. The molecule has 7 heteroatoms. The van der Waals surface area contributed by atoms with Crippen molar-refractivity contribution in [3.8, 4) is 5.75 Å². The number of benzene rings is 1. The first kappa shape index (κ1) is 19.1. The molecule has 0 aliphatic carbocycles. The highest BCUT2D eigenvalue weighted by Crippen LogP contribution is 2.13. The molecular weight excluding hydrogens is 346 g/mol. The van der Waals surface area contributed by atoms with Crippen molar-refractivity contribution in [2.24, 2.45) is 0 Å². The number of nitrogens with zero attached hydrogens (tertiary/aromatic N) is 2. The number of rotatable bonds is 6. The fourth-order valence-corrected chi connectivity index (χ4v) is 3.10. The van der Waals surface area contributed by atoms with E-state index in [4.69, 9.17) is 9.47 Å². The second-order valence-corrected chi connectivity index (χ2v) is 6.63. The second kappa shape index (κ2) is 8.83. The summed E-state index contributed by atoms with van der Waals surface area (Å²) >= 11 is 0. The normalized spacial score (nSPS) is 14.7. The topological polar surface area (TPSA) is 72.8 Å². The Hall–Kier alpha value is -2.64. The Morgan fingerprint density at radius 3 is 2.74 bits per heavy atom. The number of nitrogens with one attached hydrogen (secondary N) is 1. The van der Waals surface area contributed by atoms with E-state index in [0.717, 1.165) is 30.0 Å². The molecule has 1 fully saturated rings. The van der Waals surface area contributed by atoms with Crippen molar-refractivity contribution in [2.45, 2.75) is 20.0 Å². The van der Waals surface area contributed by atoms with Crippen molar-refractivity contribution >= 4 is 11.6 Å². The summed E-state index contributed by atoms with van der Waals surface area (Å²) in [5.41, 5.74) is 2.42. The van der Waals surface area contributed by atoms with Gasteiger partial charge in [-0.15, -0.1) is 0 Å². The zero-order valence-corrected chi connectivity index (χ0v) is 15.7. The molecule has 1 saturated heterocycles. The van der Waals surface area contributed by atoms with E-state index >= 15 is 0 Å². The molecule has 1 aromatic heterocycles. The maximum Gasteiger partial charge on any atom is 0.244 e. The number of anilines is 1. The van der Waals surface area contributed by atoms with E-state index in [1.165, 1.54) is 7.11 Å². The highest BCUT2D eigenvalue weighted by atomic mass is 16.5. The molecule has 1 aliphatic heterocycles. The molecule has 1 aliphatic rings. The summed E-state index contributed by atoms with van der Waals surface area (Å²) < 4.78 is 12.3. The average molecular weight is 371 g/mol. The molecule has 3 rings (SSSR count). The fraction of sp³-hybridized carbons (Fsp3) is 0.400. The molecular formula is C20H25N3O4. The van der Waals surface area contributed by atoms with Gasteiger partial charge in [-0.2, -0.15) is 0 Å². The van der Waals surface area contributed by atoms with Crippen LogP contribution in [-0.2, 0) is 22.6 Å². The van der Waals surface area contributed by atoms with E-state index in [2.05, 4.69) is 10.2 Å². The van der Waals surface area contributed by atoms with Gasteiger partial charge in [-0.25, -0.2) is 0 Å². The summed E-state index contributed by atoms with van der Waals surface area (Å²) in [6.45, 7) is 5.61. The SMILES string of the molecule is COc1cn(CC(=O)Nc2cccc(C)c2)c(CN2CCOCC2)cc1=O. The van der Waals surface area contributed by atoms with Gasteiger partial charge >= 0.3 is 0 Å². The predicted molar refractivity (Wildman–Crippen MR) is 103 cm³/mol. The number of hydrogen-bond acceptors (Lipinski definition) is 5. The number of pyridine rings is 1. The molecule has 1 aromatic carbocycles. The fourth-order valence-electron chi connectivity index (χ4n) is 3.10. The first-order chi connectivity index (χ1) is 13.0. The minimum atomic E-state index is -0.184. The molecule has 7 nitrogen and oxygen atoms in total. The quantitative estimate of drug-likeness (QED) is 0.836. The van der Waals surface area contributed by atoms with Crippen molar-refractivity contribution < 1.29 is 14.3 Å². The van der Waals surface area contributed by atoms with Crippen LogP contribution in [0.2, 0.25) is 0 Å². The highest BCUT2D eigenvalue weighted by Gasteiger charge is 2.16. The Labute approximate surface area is 158 Å². The van der Waals surface area contributed by atoms with Crippen LogP contribution in [0.4, 0.5) is 5.69 Å². The van der Waals surface area contributed by atoms with Gasteiger partial charge < -0.3 is 19.4 Å². The van der Waals surface area contributed by atoms with Crippen LogP contribution >= 0.6 is 0 Å². The van der Waals surface area contributed by atoms with Crippen LogP contribution in [0.25, 0.3) is 0 Å². The first-order valence-corrected chi connectivity index (χ1v) is 8.99. The Morgan fingerprint density at radius 2 is 2.04 bits per heavy atom. The number of carbonyl (C=O) groups is 1. The summed E-state index contributed by atoms with van der Waals surface area (Å²) in [7, 11) is 1.45. The standard InChI is InChI=1S/C20H25N3O4/c1-15-4-3-5-16(10-15)21-20(25)14-23-13-19(26-2)18(24)11-17(23)12-22-6-8-27-9-7-22/h3-5,10-11,13H,6-9,12,14H2,1-2H3,(H,21,25). The molecule has 0 saturated carbocycles. The molecule has 0 unspecified atom stereocenters. The predicted octanol–water partition coefficient (Wildman–Crippen LogP) is 1.64. The zero-order valence-electron chi connectivity index (χ0n) is 15.7. The van der Waals surface area contributed by atoms with Gasteiger partial charge in [-0.1, -0.05) is 12.1 Å². The van der Waals surface area contributed by atoms with Crippen LogP contribution in [0.15, 0.2) is 41.3 Å². The van der Waals surface area contributed by atoms with Crippen LogP contribution in [0.3, 0.4) is 0 Å². The Bertz CT molecular complexity index is 857. The van der Waals surface area contributed by atoms with E-state index in [0.29, 0.717) is 19.8 Å². The lowest BCUT2D eigenvalue weighted by Crippen LogP contribution is -2.37. The molecule has 0 spiro atoms. The summed E-state index contributed by atoms with van der Waals surface area (Å²) in [5, 5.41) is 2.90. The lowest BCUT2D eigenvalue weighted by atomic mass is 10.2. The maximum atomic E-state index is 12.5. The average Bonchev–Trinajstić information content (AvgIpc) is 2.64. The lowest BCUT2D eigenvalue weighted by molar-refractivity contribution is -0.116. The van der Waals surface area contributed by atoms with Crippen molar-refractivity contribution in [2.75, 3.05) is 38.7 Å². The molecule has 1 N–H and O–H groups in total. The largest absolute Gasteiger partial charge is 0.491 e. The Morgan fingerprint density at radius 1 is 1.26 bits per heavy atom. The van der Waals surface area contributed by atoms with Crippen molar-refractivity contribution in [1.82, 2.24) is 9.47 Å². The number of aromatic nitrogens is 1. The van der Waals surface area contributed by atoms with Crippen molar-refractivity contribution in [3.05, 3.63) is 58.0 Å². The van der Waals surface area contributed by atoms with Crippen LogP contribution in [0.5, 0.6) is 5.75 Å². The molecule has 0 atom stereocenters. The third kappa shape index (κ3) is 5.18. The molecule has 144 valence electrons. The van der Waals surface area contributed by atoms with E-state index in [9.17, 15) is 9.59 Å². The minimum absolute atomic E-state index is 0.101. The van der Waals surface area contributed by atoms with Gasteiger partial charge in [0, 0.05) is 37.1 Å². The van der Waals surface area contributed by atoms with Gasteiger partial charge in [0.15, 0.2) is 5.75 Å². The van der Waals surface area contributed by atoms with Crippen LogP contribution in [-0.4, -0.2) is 48.8 Å². The van der Waals surface area contributed by atoms with Crippen molar-refractivity contribution in [1.29, 1.82) is 0 Å². The number of carbonyl (C=O) groups excluding carboxylic acids is 1.